The average Bonchev–Trinajstić information content (AvgIpc) is 2.64. The molecule has 122 valence electrons. The van der Waals surface area contributed by atoms with Gasteiger partial charge in [0.15, 0.2) is 0 Å². The smallest absolute Gasteiger partial charge is 0.338 e. The lowest BCUT2D eigenvalue weighted by molar-refractivity contribution is 0.0600. The molecule has 0 fully saturated rings. The molecular formula is C21H26O2. The van der Waals surface area contributed by atoms with E-state index in [0.717, 1.165) is 16.7 Å². The molecule has 0 aliphatic heterocycles. The zero-order valence-corrected chi connectivity index (χ0v) is 14.9. The summed E-state index contributed by atoms with van der Waals surface area (Å²) in [6.45, 7) is 9.88. The third kappa shape index (κ3) is 6.40. The summed E-state index contributed by atoms with van der Waals surface area (Å²) in [5.41, 5.74) is 3.19. The van der Waals surface area contributed by atoms with Crippen LogP contribution in [0.25, 0.3) is 0 Å². The van der Waals surface area contributed by atoms with Crippen LogP contribution < -0.4 is 0 Å². The summed E-state index contributed by atoms with van der Waals surface area (Å²) in [7, 11) is 1.38. The highest BCUT2D eigenvalue weighted by Gasteiger charge is 2.10. The molecule has 0 saturated heterocycles. The van der Waals surface area contributed by atoms with Crippen molar-refractivity contribution >= 4 is 5.97 Å². The fraction of sp³-hybridized carbons (Fsp3) is 0.286. The van der Waals surface area contributed by atoms with Crippen molar-refractivity contribution < 1.29 is 9.53 Å². The van der Waals surface area contributed by atoms with Gasteiger partial charge in [-0.15, -0.1) is 0 Å². The second-order valence-corrected chi connectivity index (χ2v) is 4.09. The van der Waals surface area contributed by atoms with E-state index in [4.69, 9.17) is 4.74 Å². The molecule has 0 aliphatic rings. The molecule has 0 aliphatic carbocycles. The van der Waals surface area contributed by atoms with Crippen LogP contribution in [0.15, 0.2) is 48.5 Å². The van der Waals surface area contributed by atoms with Crippen LogP contribution in [0, 0.1) is 18.8 Å². The van der Waals surface area contributed by atoms with Crippen molar-refractivity contribution in [2.45, 2.75) is 34.6 Å². The van der Waals surface area contributed by atoms with E-state index in [1.807, 2.05) is 77.1 Å². The van der Waals surface area contributed by atoms with E-state index < -0.39 is 0 Å². The van der Waals surface area contributed by atoms with Crippen LogP contribution in [0.2, 0.25) is 0 Å². The number of methoxy groups -OCH3 is 1. The van der Waals surface area contributed by atoms with Gasteiger partial charge in [0, 0.05) is 11.1 Å². The fourth-order valence-electron chi connectivity index (χ4n) is 1.76. The molecule has 0 spiro atoms. The summed E-state index contributed by atoms with van der Waals surface area (Å²) in [4.78, 5) is 11.6. The van der Waals surface area contributed by atoms with Crippen molar-refractivity contribution in [3.8, 4) is 11.8 Å². The Morgan fingerprint density at radius 1 is 0.870 bits per heavy atom. The first-order chi connectivity index (χ1) is 11.2. The van der Waals surface area contributed by atoms with Crippen molar-refractivity contribution in [2.75, 3.05) is 7.11 Å². The minimum atomic E-state index is -0.333. The first-order valence-electron chi connectivity index (χ1n) is 7.97. The monoisotopic (exact) mass is 310 g/mol. The summed E-state index contributed by atoms with van der Waals surface area (Å²) in [6, 6.07) is 15.2. The van der Waals surface area contributed by atoms with Crippen molar-refractivity contribution in [1.82, 2.24) is 0 Å². The lowest BCUT2D eigenvalue weighted by atomic mass is 10.0. The standard InChI is InChI=1S/C17H14O2.2C2H6/c1-13-15(9-6-10-16(13)17(18)19-2)12-11-14-7-4-3-5-8-14;2*1-2/h3-10H,1-2H3;2*1-2H3. The number of hydrogen-bond acceptors (Lipinski definition) is 2. The van der Waals surface area contributed by atoms with E-state index >= 15 is 0 Å². The second-order valence-electron chi connectivity index (χ2n) is 4.09. The van der Waals surface area contributed by atoms with E-state index in [0.29, 0.717) is 5.56 Å². The third-order valence-corrected chi connectivity index (χ3v) is 2.85. The van der Waals surface area contributed by atoms with Crippen LogP contribution in [-0.4, -0.2) is 13.1 Å². The maximum atomic E-state index is 11.6. The van der Waals surface area contributed by atoms with Crippen molar-refractivity contribution in [3.63, 3.8) is 0 Å². The molecule has 2 heteroatoms. The Labute approximate surface area is 140 Å². The number of benzene rings is 2. The van der Waals surface area contributed by atoms with Gasteiger partial charge in [-0.3, -0.25) is 0 Å². The van der Waals surface area contributed by atoms with E-state index in [1.54, 1.807) is 6.07 Å². The van der Waals surface area contributed by atoms with Gasteiger partial charge in [0.25, 0.3) is 0 Å². The van der Waals surface area contributed by atoms with Crippen LogP contribution in [0.4, 0.5) is 0 Å². The number of carbonyl (C=O) groups is 1. The van der Waals surface area contributed by atoms with Gasteiger partial charge in [-0.2, -0.15) is 0 Å². The maximum Gasteiger partial charge on any atom is 0.338 e. The first kappa shape index (κ1) is 20.5. The van der Waals surface area contributed by atoms with Crippen LogP contribution in [0.5, 0.6) is 0 Å². The van der Waals surface area contributed by atoms with E-state index in [2.05, 4.69) is 11.8 Å². The number of hydrogen-bond donors (Lipinski definition) is 0. The Morgan fingerprint density at radius 3 is 2.04 bits per heavy atom. The van der Waals surface area contributed by atoms with E-state index in [1.165, 1.54) is 7.11 Å². The van der Waals surface area contributed by atoms with Crippen molar-refractivity contribution in [2.24, 2.45) is 0 Å². The molecule has 0 aromatic heterocycles. The highest BCUT2D eigenvalue weighted by atomic mass is 16.5. The van der Waals surface area contributed by atoms with Gasteiger partial charge in [-0.05, 0) is 36.8 Å². The molecule has 0 N–H and O–H groups in total. The zero-order chi connectivity index (χ0) is 17.7. The first-order valence-corrected chi connectivity index (χ1v) is 7.97. The van der Waals surface area contributed by atoms with Gasteiger partial charge >= 0.3 is 5.97 Å². The highest BCUT2D eigenvalue weighted by Crippen LogP contribution is 2.14. The summed E-state index contributed by atoms with van der Waals surface area (Å²) in [5, 5.41) is 0. The fourth-order valence-corrected chi connectivity index (χ4v) is 1.76. The molecule has 0 saturated carbocycles. The second kappa shape index (κ2) is 12.1. The van der Waals surface area contributed by atoms with Gasteiger partial charge in [0.1, 0.15) is 0 Å². The topological polar surface area (TPSA) is 26.3 Å². The molecule has 0 heterocycles. The number of esters is 1. The molecule has 0 unspecified atom stereocenters. The lowest BCUT2D eigenvalue weighted by Crippen LogP contribution is -2.04. The zero-order valence-electron chi connectivity index (χ0n) is 14.9. The molecule has 2 aromatic rings. The minimum Gasteiger partial charge on any atom is -0.465 e. The van der Waals surface area contributed by atoms with Gasteiger partial charge in [0.2, 0.25) is 0 Å². The predicted molar refractivity (Wildman–Crippen MR) is 97.6 cm³/mol. The van der Waals surface area contributed by atoms with Crippen LogP contribution in [0.1, 0.15) is 54.7 Å². The summed E-state index contributed by atoms with van der Waals surface area (Å²) >= 11 is 0. The molecule has 0 bridgehead atoms. The minimum absolute atomic E-state index is 0.333. The van der Waals surface area contributed by atoms with Gasteiger partial charge in [0.05, 0.1) is 12.7 Å². The van der Waals surface area contributed by atoms with Gasteiger partial charge < -0.3 is 4.74 Å². The van der Waals surface area contributed by atoms with Gasteiger partial charge in [-0.1, -0.05) is 63.8 Å². The molecule has 23 heavy (non-hydrogen) atoms. The summed E-state index contributed by atoms with van der Waals surface area (Å²) in [6.07, 6.45) is 0. The van der Waals surface area contributed by atoms with Crippen LogP contribution in [-0.2, 0) is 4.74 Å². The van der Waals surface area contributed by atoms with E-state index in [-0.39, 0.29) is 5.97 Å². The summed E-state index contributed by atoms with van der Waals surface area (Å²) in [5.74, 6) is 5.84. The summed E-state index contributed by atoms with van der Waals surface area (Å²) < 4.78 is 4.75. The Hall–Kier alpha value is -2.53. The molecule has 2 rings (SSSR count). The number of ether oxygens (including phenoxy) is 1. The van der Waals surface area contributed by atoms with Crippen LogP contribution in [0.3, 0.4) is 0 Å². The third-order valence-electron chi connectivity index (χ3n) is 2.85. The SMILES string of the molecule is CC.CC.COC(=O)c1cccc(C#Cc2ccccc2)c1C. The normalized spacial score (nSPS) is 8.26. The Morgan fingerprint density at radius 2 is 1.48 bits per heavy atom. The number of rotatable bonds is 1. The molecule has 0 atom stereocenters. The Kier molecular flexibility index (Phi) is 10.7. The van der Waals surface area contributed by atoms with Crippen molar-refractivity contribution in [1.29, 1.82) is 0 Å². The van der Waals surface area contributed by atoms with Crippen molar-refractivity contribution in [3.05, 3.63) is 70.8 Å². The van der Waals surface area contributed by atoms with Gasteiger partial charge in [-0.25, -0.2) is 4.79 Å². The molecule has 0 amide bonds. The van der Waals surface area contributed by atoms with E-state index in [9.17, 15) is 4.79 Å². The molecule has 2 nitrogen and oxygen atoms in total. The maximum absolute atomic E-state index is 11.6. The quantitative estimate of drug-likeness (QED) is 0.532. The molecule has 0 radical (unpaired) electrons. The molecule has 2 aromatic carbocycles. The van der Waals surface area contributed by atoms with Crippen LogP contribution >= 0.6 is 0 Å². The number of carbonyl (C=O) groups excluding carboxylic acids is 1. The average molecular weight is 310 g/mol. The largest absolute Gasteiger partial charge is 0.465 e. The lowest BCUT2D eigenvalue weighted by Gasteiger charge is -2.05. The Balaban J connectivity index is 0.00000112. The molecular weight excluding hydrogens is 284 g/mol. The Bertz CT molecular complexity index is 647. The highest BCUT2D eigenvalue weighted by molar-refractivity contribution is 5.91. The predicted octanol–water partition coefficient (Wildman–Crippen LogP) is 5.23.